The van der Waals surface area contributed by atoms with Crippen molar-refractivity contribution in [3.63, 3.8) is 0 Å². The van der Waals surface area contributed by atoms with Gasteiger partial charge in [0.1, 0.15) is 0 Å². The van der Waals surface area contributed by atoms with Crippen molar-refractivity contribution in [1.82, 2.24) is 10.2 Å². The van der Waals surface area contributed by atoms with E-state index in [4.69, 9.17) is 4.74 Å². The van der Waals surface area contributed by atoms with E-state index in [1.165, 1.54) is 0 Å². The van der Waals surface area contributed by atoms with Gasteiger partial charge in [-0.25, -0.2) is 4.79 Å². The zero-order valence-electron chi connectivity index (χ0n) is 11.9. The highest BCUT2D eigenvalue weighted by Crippen LogP contribution is 2.15. The number of piperidine rings is 1. The Bertz CT molecular complexity index is 268. The van der Waals surface area contributed by atoms with Gasteiger partial charge in [0, 0.05) is 25.2 Å². The molecule has 1 rings (SSSR count). The molecule has 1 aliphatic rings. The summed E-state index contributed by atoms with van der Waals surface area (Å²) >= 11 is 0. The lowest BCUT2D eigenvalue weighted by Crippen LogP contribution is -2.52. The third kappa shape index (κ3) is 4.46. The second-order valence-corrected chi connectivity index (χ2v) is 5.50. The summed E-state index contributed by atoms with van der Waals surface area (Å²) in [5.74, 6) is 0. The molecule has 1 amide bonds. The molecule has 0 bridgehead atoms. The largest absolute Gasteiger partial charge is 0.450 e. The van der Waals surface area contributed by atoms with Crippen molar-refractivity contribution in [2.75, 3.05) is 19.7 Å². The summed E-state index contributed by atoms with van der Waals surface area (Å²) in [5.41, 5.74) is -0.724. The normalized spacial score (nSPS) is 19.7. The fourth-order valence-electron chi connectivity index (χ4n) is 2.00. The van der Waals surface area contributed by atoms with Crippen LogP contribution in [-0.2, 0) is 4.74 Å². The van der Waals surface area contributed by atoms with E-state index in [1.807, 2.05) is 13.8 Å². The van der Waals surface area contributed by atoms with Gasteiger partial charge in [0.05, 0.1) is 12.2 Å². The number of likely N-dealkylation sites (tertiary alicyclic amines) is 1. The van der Waals surface area contributed by atoms with Crippen LogP contribution >= 0.6 is 0 Å². The van der Waals surface area contributed by atoms with Crippen LogP contribution in [-0.4, -0.2) is 53.5 Å². The number of nitrogens with one attached hydrogen (secondary N) is 1. The van der Waals surface area contributed by atoms with Gasteiger partial charge in [0.15, 0.2) is 0 Å². The van der Waals surface area contributed by atoms with Crippen LogP contribution < -0.4 is 5.32 Å². The van der Waals surface area contributed by atoms with E-state index < -0.39 is 5.60 Å². The molecule has 1 atom stereocenters. The van der Waals surface area contributed by atoms with E-state index in [1.54, 1.807) is 18.7 Å². The summed E-state index contributed by atoms with van der Waals surface area (Å²) in [6.07, 6.45) is 1.59. The molecular formula is C13H26N2O3. The van der Waals surface area contributed by atoms with Gasteiger partial charge in [-0.05, 0) is 40.5 Å². The highest BCUT2D eigenvalue weighted by molar-refractivity contribution is 5.67. The number of amides is 1. The molecule has 5 heteroatoms. The topological polar surface area (TPSA) is 61.8 Å². The predicted molar refractivity (Wildman–Crippen MR) is 70.5 cm³/mol. The minimum absolute atomic E-state index is 0.0386. The molecule has 1 aliphatic heterocycles. The van der Waals surface area contributed by atoms with Gasteiger partial charge in [-0.2, -0.15) is 0 Å². The molecule has 0 aromatic heterocycles. The Hall–Kier alpha value is -0.810. The van der Waals surface area contributed by atoms with Crippen molar-refractivity contribution in [2.24, 2.45) is 0 Å². The molecule has 1 fully saturated rings. The van der Waals surface area contributed by atoms with E-state index >= 15 is 0 Å². The van der Waals surface area contributed by atoms with Gasteiger partial charge in [0.25, 0.3) is 0 Å². The van der Waals surface area contributed by atoms with Crippen LogP contribution in [0.4, 0.5) is 4.79 Å². The highest BCUT2D eigenvalue weighted by atomic mass is 16.6. The lowest BCUT2D eigenvalue weighted by atomic mass is 9.97. The van der Waals surface area contributed by atoms with Crippen LogP contribution in [0.5, 0.6) is 0 Å². The van der Waals surface area contributed by atoms with Gasteiger partial charge in [-0.15, -0.1) is 0 Å². The number of carbonyl (C=O) groups excluding carboxylic acids is 1. The van der Waals surface area contributed by atoms with Crippen molar-refractivity contribution >= 4 is 6.09 Å². The van der Waals surface area contributed by atoms with Crippen molar-refractivity contribution < 1.29 is 14.6 Å². The predicted octanol–water partition coefficient (Wildman–Crippen LogP) is 1.36. The molecule has 1 heterocycles. The number of hydrogen-bond donors (Lipinski definition) is 2. The first-order valence-corrected chi connectivity index (χ1v) is 6.74. The van der Waals surface area contributed by atoms with E-state index in [0.29, 0.717) is 12.6 Å². The average molecular weight is 258 g/mol. The zero-order valence-corrected chi connectivity index (χ0v) is 11.9. The first kappa shape index (κ1) is 15.2. The molecular weight excluding hydrogens is 232 g/mol. The lowest BCUT2D eigenvalue weighted by Gasteiger charge is -2.36. The summed E-state index contributed by atoms with van der Waals surface area (Å²) in [6, 6.07) is 0.397. The zero-order chi connectivity index (χ0) is 13.8. The second-order valence-electron chi connectivity index (χ2n) is 5.50. The molecule has 0 aliphatic carbocycles. The summed E-state index contributed by atoms with van der Waals surface area (Å²) in [5, 5.41) is 13.3. The third-order valence-electron chi connectivity index (χ3n) is 3.57. The SMILES string of the molecule is CCOC(=O)N1CCC(NC(C)C(C)(C)O)CC1. The number of nitrogens with zero attached hydrogens (tertiary/aromatic N) is 1. The molecule has 0 saturated carbocycles. The Morgan fingerprint density at radius 1 is 1.50 bits per heavy atom. The number of rotatable bonds is 4. The van der Waals surface area contributed by atoms with Crippen LogP contribution in [0.15, 0.2) is 0 Å². The van der Waals surface area contributed by atoms with Gasteiger partial charge in [-0.1, -0.05) is 0 Å². The van der Waals surface area contributed by atoms with Gasteiger partial charge in [-0.3, -0.25) is 0 Å². The van der Waals surface area contributed by atoms with Crippen molar-refractivity contribution in [3.8, 4) is 0 Å². The third-order valence-corrected chi connectivity index (χ3v) is 3.57. The second kappa shape index (κ2) is 6.38. The molecule has 0 spiro atoms. The van der Waals surface area contributed by atoms with Crippen LogP contribution in [0, 0.1) is 0 Å². The molecule has 18 heavy (non-hydrogen) atoms. The molecule has 0 radical (unpaired) electrons. The number of ether oxygens (including phenoxy) is 1. The van der Waals surface area contributed by atoms with Gasteiger partial charge < -0.3 is 20.1 Å². The molecule has 5 nitrogen and oxygen atoms in total. The van der Waals surface area contributed by atoms with Crippen LogP contribution in [0.25, 0.3) is 0 Å². The number of aliphatic hydroxyl groups is 1. The van der Waals surface area contributed by atoms with Gasteiger partial charge >= 0.3 is 6.09 Å². The Labute approximate surface area is 109 Å². The Balaban J connectivity index is 2.33. The van der Waals surface area contributed by atoms with E-state index in [0.717, 1.165) is 25.9 Å². The first-order valence-electron chi connectivity index (χ1n) is 6.74. The quantitative estimate of drug-likeness (QED) is 0.799. The maximum Gasteiger partial charge on any atom is 0.409 e. The fourth-order valence-corrected chi connectivity index (χ4v) is 2.00. The maximum atomic E-state index is 11.5. The van der Waals surface area contributed by atoms with Crippen LogP contribution in [0.2, 0.25) is 0 Å². The number of hydrogen-bond acceptors (Lipinski definition) is 4. The Kier molecular flexibility index (Phi) is 5.41. The first-order chi connectivity index (χ1) is 8.34. The van der Waals surface area contributed by atoms with E-state index in [9.17, 15) is 9.90 Å². The summed E-state index contributed by atoms with van der Waals surface area (Å²) in [6.45, 7) is 9.27. The maximum absolute atomic E-state index is 11.5. The van der Waals surface area contributed by atoms with Crippen LogP contribution in [0.3, 0.4) is 0 Å². The molecule has 106 valence electrons. The summed E-state index contributed by atoms with van der Waals surface area (Å²) < 4.78 is 4.98. The summed E-state index contributed by atoms with van der Waals surface area (Å²) in [7, 11) is 0. The average Bonchev–Trinajstić information content (AvgIpc) is 2.29. The molecule has 1 saturated heterocycles. The molecule has 0 aromatic rings. The van der Waals surface area contributed by atoms with Crippen LogP contribution in [0.1, 0.15) is 40.5 Å². The minimum atomic E-state index is -0.724. The minimum Gasteiger partial charge on any atom is -0.450 e. The van der Waals surface area contributed by atoms with Crippen molar-refractivity contribution in [3.05, 3.63) is 0 Å². The highest BCUT2D eigenvalue weighted by Gasteiger charge is 2.28. The lowest BCUT2D eigenvalue weighted by molar-refractivity contribution is 0.0343. The smallest absolute Gasteiger partial charge is 0.409 e. The Morgan fingerprint density at radius 2 is 2.06 bits per heavy atom. The van der Waals surface area contributed by atoms with Gasteiger partial charge in [0.2, 0.25) is 0 Å². The standard InChI is InChI=1S/C13H26N2O3/c1-5-18-12(16)15-8-6-11(7-9-15)14-10(2)13(3,4)17/h10-11,14,17H,5-9H2,1-4H3. The monoisotopic (exact) mass is 258 g/mol. The fraction of sp³-hybridized carbons (Fsp3) is 0.923. The van der Waals surface area contributed by atoms with Crippen molar-refractivity contribution in [2.45, 2.75) is 58.2 Å². The molecule has 0 aromatic carbocycles. The number of carbonyl (C=O) groups is 1. The van der Waals surface area contributed by atoms with Crippen molar-refractivity contribution in [1.29, 1.82) is 0 Å². The van der Waals surface area contributed by atoms with E-state index in [-0.39, 0.29) is 12.1 Å². The van der Waals surface area contributed by atoms with E-state index in [2.05, 4.69) is 5.32 Å². The molecule has 1 unspecified atom stereocenters. The Morgan fingerprint density at radius 3 is 2.50 bits per heavy atom. The molecule has 2 N–H and O–H groups in total. The summed E-state index contributed by atoms with van der Waals surface area (Å²) in [4.78, 5) is 13.3.